The van der Waals surface area contributed by atoms with Gasteiger partial charge in [-0.25, -0.2) is 14.6 Å². The van der Waals surface area contributed by atoms with E-state index in [1.165, 1.54) is 19.3 Å². The van der Waals surface area contributed by atoms with Crippen molar-refractivity contribution in [3.63, 3.8) is 0 Å². The number of fused-ring (bicyclic) bond motifs is 10. The minimum Gasteiger partial charge on any atom is -0.458 e. The molecule has 7 aliphatic rings. The van der Waals surface area contributed by atoms with Gasteiger partial charge in [0.2, 0.25) is 5.91 Å². The maximum absolute atomic E-state index is 13.9. The number of ether oxygens (including phenoxy) is 3. The summed E-state index contributed by atoms with van der Waals surface area (Å²) in [6.45, 7) is 8.27. The van der Waals surface area contributed by atoms with E-state index in [0.717, 1.165) is 55.0 Å². The van der Waals surface area contributed by atoms with Gasteiger partial charge in [-0.3, -0.25) is 14.4 Å². The van der Waals surface area contributed by atoms with Crippen molar-refractivity contribution >= 4 is 34.7 Å². The van der Waals surface area contributed by atoms with Crippen LogP contribution in [0.1, 0.15) is 120 Å². The monoisotopic (exact) mass is 891 g/mol. The molecule has 0 radical (unpaired) electrons. The zero-order valence-corrected chi connectivity index (χ0v) is 39.0. The van der Waals surface area contributed by atoms with E-state index in [1.54, 1.807) is 35.6 Å². The second kappa shape index (κ2) is 16.3. The standard InChI is InChI=1S/C51H65N5O9/c1-7-51(62)39-24-41-45-29(25-56(41)46(59)36(39)27-64-47(51)60)22-34-35(26-53(4)5)42(12-11-40(34)52-45)65-48(61)54(6)31-16-20-55(21-17-31)44(58)28-63-43-13-10-37-33-9-8-30-23-32(57)14-18-49(30,2)38(33)15-19-50(37,43)3/h11-12,22,24,30-31,33,37-38,43,62H,7-10,13-21,23,25-28H2,1-6H3/t30-,33-,37-,38-,43-,49-,50-,51-/m0/s1. The number of hydrogen-bond acceptors (Lipinski definition) is 11. The van der Waals surface area contributed by atoms with Gasteiger partial charge in [-0.1, -0.05) is 20.8 Å². The number of likely N-dealkylation sites (tertiary alicyclic amines) is 1. The third-order valence-corrected chi connectivity index (χ3v) is 17.9. The molecule has 8 atom stereocenters. The van der Waals surface area contributed by atoms with Crippen LogP contribution in [0.3, 0.4) is 0 Å². The third-order valence-electron chi connectivity index (χ3n) is 17.9. The molecule has 2 aromatic heterocycles. The number of pyridine rings is 2. The Kier molecular flexibility index (Phi) is 11.1. The van der Waals surface area contributed by atoms with Gasteiger partial charge in [0.15, 0.2) is 5.60 Å². The first-order valence-electron chi connectivity index (χ1n) is 24.2. The van der Waals surface area contributed by atoms with E-state index in [9.17, 15) is 29.1 Å². The van der Waals surface area contributed by atoms with Gasteiger partial charge in [0.25, 0.3) is 5.56 Å². The number of piperidine rings is 1. The van der Waals surface area contributed by atoms with Crippen LogP contribution in [0.2, 0.25) is 0 Å². The Balaban J connectivity index is 0.773. The molecule has 14 nitrogen and oxygen atoms in total. The number of esters is 1. The van der Waals surface area contributed by atoms with Gasteiger partial charge in [0.1, 0.15) is 24.7 Å². The summed E-state index contributed by atoms with van der Waals surface area (Å²) in [5, 5.41) is 12.1. The lowest BCUT2D eigenvalue weighted by Crippen LogP contribution is -2.54. The smallest absolute Gasteiger partial charge is 0.415 e. The number of aliphatic hydroxyl groups is 1. The molecule has 1 saturated heterocycles. The Labute approximate surface area is 381 Å². The highest BCUT2D eigenvalue weighted by atomic mass is 16.6. The first-order chi connectivity index (χ1) is 31.0. The molecule has 10 rings (SSSR count). The van der Waals surface area contributed by atoms with Gasteiger partial charge < -0.3 is 38.6 Å². The minimum absolute atomic E-state index is 0.0121. The normalized spacial score (nSPS) is 31.7. The van der Waals surface area contributed by atoms with Crippen molar-refractivity contribution in [3.8, 4) is 17.1 Å². The molecule has 348 valence electrons. The van der Waals surface area contributed by atoms with E-state index in [-0.39, 0.29) is 71.7 Å². The number of carbonyl (C=O) groups excluding carboxylic acids is 4. The van der Waals surface area contributed by atoms with Crippen LogP contribution in [0.25, 0.3) is 22.3 Å². The van der Waals surface area contributed by atoms with Crippen molar-refractivity contribution in [2.75, 3.05) is 40.8 Å². The average molecular weight is 892 g/mol. The van der Waals surface area contributed by atoms with Crippen molar-refractivity contribution in [1.82, 2.24) is 24.3 Å². The lowest BCUT2D eigenvalue weighted by Gasteiger charge is -2.60. The Morgan fingerprint density at radius 1 is 0.954 bits per heavy atom. The molecule has 4 saturated carbocycles. The third kappa shape index (κ3) is 7.14. The van der Waals surface area contributed by atoms with Crippen molar-refractivity contribution in [2.45, 2.75) is 135 Å². The Bertz CT molecular complexity index is 2530. The van der Waals surface area contributed by atoms with E-state index in [1.807, 2.05) is 36.0 Å². The number of nitrogens with zero attached hydrogens (tertiary/aromatic N) is 5. The van der Waals surface area contributed by atoms with Crippen molar-refractivity contribution in [1.29, 1.82) is 0 Å². The fraction of sp³-hybridized carbons (Fsp3) is 0.647. The summed E-state index contributed by atoms with van der Waals surface area (Å²) in [6.07, 6.45) is 10.4. The molecular weight excluding hydrogens is 827 g/mol. The molecule has 0 bridgehead atoms. The number of benzene rings is 1. The molecule has 0 unspecified atom stereocenters. The number of amides is 2. The predicted molar refractivity (Wildman–Crippen MR) is 242 cm³/mol. The van der Waals surface area contributed by atoms with Crippen LogP contribution < -0.4 is 10.3 Å². The van der Waals surface area contributed by atoms with Gasteiger partial charge in [-0.2, -0.15) is 0 Å². The van der Waals surface area contributed by atoms with Crippen molar-refractivity contribution in [3.05, 3.63) is 56.9 Å². The van der Waals surface area contributed by atoms with Crippen LogP contribution in [0.4, 0.5) is 4.79 Å². The van der Waals surface area contributed by atoms with Crippen molar-refractivity contribution < 1.29 is 38.5 Å². The second-order valence-electron chi connectivity index (χ2n) is 21.4. The maximum Gasteiger partial charge on any atom is 0.415 e. The number of aromatic nitrogens is 2. The predicted octanol–water partition coefficient (Wildman–Crippen LogP) is 6.56. The fourth-order valence-corrected chi connectivity index (χ4v) is 14.0. The summed E-state index contributed by atoms with van der Waals surface area (Å²) >= 11 is 0. The van der Waals surface area contributed by atoms with E-state index in [4.69, 9.17) is 19.2 Å². The zero-order chi connectivity index (χ0) is 45.7. The van der Waals surface area contributed by atoms with E-state index < -0.39 is 17.7 Å². The molecule has 1 N–H and O–H groups in total. The number of Topliss-reactive ketones (excluding diaryl/α,β-unsaturated/α-hetero) is 1. The Hall–Kier alpha value is -4.66. The highest BCUT2D eigenvalue weighted by Crippen LogP contribution is 2.66. The summed E-state index contributed by atoms with van der Waals surface area (Å²) in [6, 6.07) is 7.17. The summed E-state index contributed by atoms with van der Waals surface area (Å²) in [5.74, 6) is 2.66. The van der Waals surface area contributed by atoms with Gasteiger partial charge in [0, 0.05) is 67.6 Å². The van der Waals surface area contributed by atoms with Crippen LogP contribution in [-0.2, 0) is 49.2 Å². The van der Waals surface area contributed by atoms with Crippen molar-refractivity contribution in [2.24, 2.45) is 34.5 Å². The summed E-state index contributed by atoms with van der Waals surface area (Å²) in [5.41, 5.74) is 2.03. The summed E-state index contributed by atoms with van der Waals surface area (Å²) in [4.78, 5) is 76.8. The largest absolute Gasteiger partial charge is 0.458 e. The van der Waals surface area contributed by atoms with Crippen LogP contribution in [0.15, 0.2) is 29.1 Å². The fourth-order valence-electron chi connectivity index (χ4n) is 14.0. The Morgan fingerprint density at radius 3 is 2.48 bits per heavy atom. The first kappa shape index (κ1) is 44.2. The van der Waals surface area contributed by atoms with E-state index >= 15 is 0 Å². The molecule has 4 aliphatic carbocycles. The highest BCUT2D eigenvalue weighted by Gasteiger charge is 2.60. The van der Waals surface area contributed by atoms with Crippen LogP contribution in [0.5, 0.6) is 5.75 Å². The van der Waals surface area contributed by atoms with Gasteiger partial charge in [-0.05, 0) is 137 Å². The number of ketones is 1. The quantitative estimate of drug-likeness (QED) is 0.191. The lowest BCUT2D eigenvalue weighted by molar-refractivity contribution is -0.172. The van der Waals surface area contributed by atoms with Crippen LogP contribution >= 0.6 is 0 Å². The van der Waals surface area contributed by atoms with Gasteiger partial charge >= 0.3 is 12.1 Å². The van der Waals surface area contributed by atoms with Gasteiger partial charge in [-0.15, -0.1) is 0 Å². The van der Waals surface area contributed by atoms with Gasteiger partial charge in [0.05, 0.1) is 35.1 Å². The topological polar surface area (TPSA) is 161 Å². The molecule has 5 heterocycles. The Morgan fingerprint density at radius 2 is 1.72 bits per heavy atom. The lowest BCUT2D eigenvalue weighted by atomic mass is 9.45. The van der Waals surface area contributed by atoms with E-state index in [0.29, 0.717) is 84.6 Å². The molecule has 65 heavy (non-hydrogen) atoms. The number of cyclic esters (lactones) is 1. The SMILES string of the molecule is CC[C@@]1(O)C(=O)OCc2c1cc1n(c2=O)Cc2cc3c(CN(C)C)c(OC(=O)N(C)C4CCN(C(=O)CO[C@H]5CC[C@H]6[C@@H]7CC[C@H]8CC(=O)CC[C@]8(C)[C@H]7CC[C@]56C)CC4)ccc3nc2-1. The molecule has 1 aromatic carbocycles. The number of carbonyl (C=O) groups is 4. The maximum atomic E-state index is 13.9. The minimum atomic E-state index is -1.91. The molecule has 2 amide bonds. The van der Waals surface area contributed by atoms with Crippen LogP contribution in [-0.4, -0.2) is 106 Å². The molecule has 3 aliphatic heterocycles. The number of rotatable bonds is 8. The summed E-state index contributed by atoms with van der Waals surface area (Å²) < 4.78 is 19.6. The molecule has 5 fully saturated rings. The number of hydrogen-bond donors (Lipinski definition) is 1. The summed E-state index contributed by atoms with van der Waals surface area (Å²) in [7, 11) is 5.64. The average Bonchev–Trinajstić information content (AvgIpc) is 3.83. The molecule has 3 aromatic rings. The second-order valence-corrected chi connectivity index (χ2v) is 21.4. The van der Waals surface area contributed by atoms with Crippen LogP contribution in [0, 0.1) is 34.5 Å². The zero-order valence-electron chi connectivity index (χ0n) is 39.0. The van der Waals surface area contributed by atoms with E-state index in [2.05, 4.69) is 13.8 Å². The first-order valence-corrected chi connectivity index (χ1v) is 24.2. The molecule has 0 spiro atoms. The highest BCUT2D eigenvalue weighted by molar-refractivity contribution is 5.90. The molecule has 14 heteroatoms. The molecular formula is C51H65N5O9.